The van der Waals surface area contributed by atoms with Crippen molar-refractivity contribution in [1.29, 1.82) is 5.26 Å². The second-order valence-electron chi connectivity index (χ2n) is 6.41. The van der Waals surface area contributed by atoms with Crippen molar-refractivity contribution in [3.05, 3.63) is 51.7 Å². The minimum Gasteiger partial charge on any atom is -0.490 e. The average molecular weight is 519 g/mol. The fraction of sp³-hybridized carbons (Fsp3) is 0.190. The highest BCUT2D eigenvalue weighted by Gasteiger charge is 2.20. The number of thiophene rings is 1. The van der Waals surface area contributed by atoms with Gasteiger partial charge in [0, 0.05) is 0 Å². The van der Waals surface area contributed by atoms with Gasteiger partial charge in [0.15, 0.2) is 11.5 Å². The summed E-state index contributed by atoms with van der Waals surface area (Å²) >= 11 is 1.94. The number of rotatable bonds is 9. The number of ether oxygens (including phenoxy) is 2. The number of hydrogen-bond donors (Lipinski definition) is 1. The molecule has 0 aliphatic carbocycles. The second-order valence-corrected chi connectivity index (χ2v) is 10.8. The number of hydrogen-bond acceptors (Lipinski definition) is 11. The number of benzene rings is 1. The number of amides is 1. The van der Waals surface area contributed by atoms with E-state index in [0.29, 0.717) is 28.4 Å². The zero-order chi connectivity index (χ0) is 24.7. The van der Waals surface area contributed by atoms with Crippen LogP contribution in [0.25, 0.3) is 6.08 Å². The molecule has 2 aromatic heterocycles. The van der Waals surface area contributed by atoms with Crippen molar-refractivity contribution in [3.63, 3.8) is 0 Å². The van der Waals surface area contributed by atoms with Gasteiger partial charge in [-0.05, 0) is 42.1 Å². The zero-order valence-corrected chi connectivity index (χ0v) is 20.4. The van der Waals surface area contributed by atoms with Crippen LogP contribution in [0.15, 0.2) is 45.6 Å². The van der Waals surface area contributed by atoms with Crippen LogP contribution in [0, 0.1) is 11.3 Å². The Balaban J connectivity index is 1.80. The Morgan fingerprint density at radius 3 is 2.65 bits per heavy atom. The van der Waals surface area contributed by atoms with Crippen LogP contribution in [0.3, 0.4) is 0 Å². The molecule has 176 valence electrons. The number of nitrogens with zero attached hydrogens (tertiary/aromatic N) is 3. The molecule has 0 spiro atoms. The molecule has 1 aromatic carbocycles. The molecule has 3 aromatic rings. The van der Waals surface area contributed by atoms with E-state index < -0.39 is 21.7 Å². The van der Waals surface area contributed by atoms with Gasteiger partial charge in [-0.25, -0.2) is 13.2 Å². The molecule has 1 N–H and O–H groups in total. The number of esters is 1. The highest BCUT2D eigenvalue weighted by Crippen LogP contribution is 2.31. The number of nitrogens with one attached hydrogen (secondary N) is 1. The van der Waals surface area contributed by atoms with Gasteiger partial charge in [0.2, 0.25) is 19.3 Å². The summed E-state index contributed by atoms with van der Waals surface area (Å²) in [4.78, 5) is 25.2. The lowest BCUT2D eigenvalue weighted by Crippen LogP contribution is -2.13. The maximum absolute atomic E-state index is 12.5. The maximum Gasteiger partial charge on any atom is 0.353 e. The molecular weight excluding hydrogens is 500 g/mol. The molecule has 0 unspecified atom stereocenters. The third kappa shape index (κ3) is 6.04. The SMILES string of the molecule is CCOc1cc(C=C(C#N)C(=O)Nc2nnc(S(=O)(=O)CC)s2)ccc1OC(=O)c1cccs1. The number of aromatic nitrogens is 2. The quantitative estimate of drug-likeness (QED) is 0.147. The Hall–Kier alpha value is -3.60. The van der Waals surface area contributed by atoms with Gasteiger partial charge >= 0.3 is 5.97 Å². The molecule has 10 nitrogen and oxygen atoms in total. The molecule has 0 bridgehead atoms. The molecule has 13 heteroatoms. The lowest BCUT2D eigenvalue weighted by Gasteiger charge is -2.11. The van der Waals surface area contributed by atoms with Gasteiger partial charge in [-0.2, -0.15) is 5.26 Å². The van der Waals surface area contributed by atoms with E-state index in [1.807, 2.05) is 0 Å². The summed E-state index contributed by atoms with van der Waals surface area (Å²) in [7, 11) is -3.56. The number of sulfone groups is 1. The summed E-state index contributed by atoms with van der Waals surface area (Å²) < 4.78 is 34.5. The molecule has 0 saturated carbocycles. The Labute approximate surface area is 203 Å². The first kappa shape index (κ1) is 25.0. The molecule has 0 aliphatic heterocycles. The van der Waals surface area contributed by atoms with Crippen molar-refractivity contribution < 1.29 is 27.5 Å². The topological polar surface area (TPSA) is 148 Å². The molecule has 34 heavy (non-hydrogen) atoms. The molecule has 0 radical (unpaired) electrons. The normalized spacial score (nSPS) is 11.5. The Bertz CT molecular complexity index is 1370. The number of nitriles is 1. The summed E-state index contributed by atoms with van der Waals surface area (Å²) in [6.07, 6.45) is 1.31. The van der Waals surface area contributed by atoms with Crippen molar-refractivity contribution in [2.45, 2.75) is 18.2 Å². The predicted octanol–water partition coefficient (Wildman–Crippen LogP) is 3.56. The summed E-state index contributed by atoms with van der Waals surface area (Å²) in [5.41, 5.74) is 0.179. The van der Waals surface area contributed by atoms with Gasteiger partial charge in [-0.15, -0.1) is 21.5 Å². The average Bonchev–Trinajstić information content (AvgIpc) is 3.52. The van der Waals surface area contributed by atoms with E-state index in [2.05, 4.69) is 15.5 Å². The molecule has 0 fully saturated rings. The van der Waals surface area contributed by atoms with Gasteiger partial charge in [0.25, 0.3) is 5.91 Å². The van der Waals surface area contributed by atoms with Gasteiger partial charge < -0.3 is 9.47 Å². The summed E-state index contributed by atoms with van der Waals surface area (Å²) in [6, 6.07) is 9.76. The molecular formula is C21H18N4O6S3. The van der Waals surface area contributed by atoms with Crippen LogP contribution in [0.2, 0.25) is 0 Å². The molecule has 3 rings (SSSR count). The number of carbonyl (C=O) groups is 2. The van der Waals surface area contributed by atoms with Crippen LogP contribution in [-0.4, -0.2) is 42.9 Å². The molecule has 0 aliphatic rings. The highest BCUT2D eigenvalue weighted by atomic mass is 32.2. The van der Waals surface area contributed by atoms with Crippen LogP contribution in [0.5, 0.6) is 11.5 Å². The number of anilines is 1. The minimum absolute atomic E-state index is 0.0518. The van der Waals surface area contributed by atoms with E-state index in [1.165, 1.54) is 36.5 Å². The van der Waals surface area contributed by atoms with Gasteiger partial charge in [-0.3, -0.25) is 10.1 Å². The summed E-state index contributed by atoms with van der Waals surface area (Å²) in [6.45, 7) is 3.52. The van der Waals surface area contributed by atoms with Crippen molar-refractivity contribution in [2.75, 3.05) is 17.7 Å². The lowest BCUT2D eigenvalue weighted by atomic mass is 10.1. The highest BCUT2D eigenvalue weighted by molar-refractivity contribution is 7.93. The van der Waals surface area contributed by atoms with Crippen molar-refractivity contribution in [3.8, 4) is 17.6 Å². The number of carbonyl (C=O) groups excluding carboxylic acids is 2. The van der Waals surface area contributed by atoms with Crippen molar-refractivity contribution >= 4 is 55.6 Å². The van der Waals surface area contributed by atoms with E-state index in [-0.39, 0.29) is 32.3 Å². The van der Waals surface area contributed by atoms with Crippen LogP contribution in [0.1, 0.15) is 29.1 Å². The van der Waals surface area contributed by atoms with Gasteiger partial charge in [0.1, 0.15) is 16.5 Å². The summed E-state index contributed by atoms with van der Waals surface area (Å²) in [5, 5.41) is 20.7. The monoisotopic (exact) mass is 518 g/mol. The Kier molecular flexibility index (Phi) is 8.11. The maximum atomic E-state index is 12.5. The van der Waals surface area contributed by atoms with Crippen LogP contribution < -0.4 is 14.8 Å². The van der Waals surface area contributed by atoms with Crippen molar-refractivity contribution in [1.82, 2.24) is 10.2 Å². The molecule has 0 atom stereocenters. The van der Waals surface area contributed by atoms with E-state index >= 15 is 0 Å². The zero-order valence-electron chi connectivity index (χ0n) is 18.0. The Morgan fingerprint density at radius 1 is 1.21 bits per heavy atom. The first-order valence-corrected chi connectivity index (χ1v) is 13.1. The van der Waals surface area contributed by atoms with E-state index in [1.54, 1.807) is 36.6 Å². The lowest BCUT2D eigenvalue weighted by molar-refractivity contribution is -0.112. The third-order valence-electron chi connectivity index (χ3n) is 4.14. The smallest absolute Gasteiger partial charge is 0.353 e. The van der Waals surface area contributed by atoms with Crippen molar-refractivity contribution in [2.24, 2.45) is 0 Å². The van der Waals surface area contributed by atoms with E-state index in [4.69, 9.17) is 9.47 Å². The Morgan fingerprint density at radius 2 is 2.00 bits per heavy atom. The fourth-order valence-corrected chi connectivity index (χ4v) is 5.08. The molecule has 0 saturated heterocycles. The summed E-state index contributed by atoms with van der Waals surface area (Å²) in [5.74, 6) is -1.01. The first-order valence-electron chi connectivity index (χ1n) is 9.79. The van der Waals surface area contributed by atoms with Gasteiger partial charge in [-0.1, -0.05) is 30.4 Å². The first-order chi connectivity index (χ1) is 16.3. The minimum atomic E-state index is -3.56. The van der Waals surface area contributed by atoms with Crippen LogP contribution in [0.4, 0.5) is 5.13 Å². The second kappa shape index (κ2) is 11.0. The fourth-order valence-electron chi connectivity index (χ4n) is 2.50. The van der Waals surface area contributed by atoms with E-state index in [9.17, 15) is 23.3 Å². The van der Waals surface area contributed by atoms with Gasteiger partial charge in [0.05, 0.1) is 12.4 Å². The molecule has 2 heterocycles. The largest absolute Gasteiger partial charge is 0.490 e. The standard InChI is InChI=1S/C21H18N4O6S3/c1-3-30-16-11-13(7-8-15(16)31-19(27)17-6-5-9-32-17)10-14(12-22)18(26)23-20-24-25-21(33-20)34(28,29)4-2/h5-11H,3-4H2,1-2H3,(H,23,24,26). The molecule has 1 amide bonds. The van der Waals surface area contributed by atoms with E-state index in [0.717, 1.165) is 0 Å². The van der Waals surface area contributed by atoms with Crippen LogP contribution >= 0.6 is 22.7 Å². The van der Waals surface area contributed by atoms with Crippen LogP contribution in [-0.2, 0) is 14.6 Å². The predicted molar refractivity (Wildman–Crippen MR) is 127 cm³/mol. The third-order valence-corrected chi connectivity index (χ3v) is 8.01.